The first-order valence-electron chi connectivity index (χ1n) is 5.86. The summed E-state index contributed by atoms with van der Waals surface area (Å²) < 4.78 is 64.7. The van der Waals surface area contributed by atoms with Gasteiger partial charge in [0.2, 0.25) is 0 Å². The van der Waals surface area contributed by atoms with E-state index in [2.05, 4.69) is 22.0 Å². The van der Waals surface area contributed by atoms with E-state index < -0.39 is 17.7 Å². The minimum absolute atomic E-state index is 0.295. The summed E-state index contributed by atoms with van der Waals surface area (Å²) >= 11 is 3.20. The van der Waals surface area contributed by atoms with E-state index >= 15 is 0 Å². The summed E-state index contributed by atoms with van der Waals surface area (Å²) in [5.74, 6) is -4.88. The standard InChI is InChI=1S/C15H9BrF5/c1-9-5-6-12(16)8-13(9)10-3-2-4-11(7-10)14(17,18)15(19,20)21/h2-5,7-8H,1H3. The topological polar surface area (TPSA) is 0 Å². The van der Waals surface area contributed by atoms with E-state index in [0.29, 0.717) is 15.6 Å². The van der Waals surface area contributed by atoms with Gasteiger partial charge in [-0.15, -0.1) is 0 Å². The summed E-state index contributed by atoms with van der Waals surface area (Å²) in [5, 5.41) is 0. The molecule has 6 heteroatoms. The summed E-state index contributed by atoms with van der Waals surface area (Å²) in [6.07, 6.45) is -5.62. The van der Waals surface area contributed by atoms with E-state index in [1.54, 1.807) is 19.1 Å². The van der Waals surface area contributed by atoms with Crippen LogP contribution in [0.15, 0.2) is 40.9 Å². The van der Waals surface area contributed by atoms with E-state index in [1.807, 2.05) is 0 Å². The van der Waals surface area contributed by atoms with Crippen molar-refractivity contribution in [1.29, 1.82) is 0 Å². The first-order chi connectivity index (χ1) is 9.63. The predicted molar refractivity (Wildman–Crippen MR) is 73.1 cm³/mol. The van der Waals surface area contributed by atoms with Gasteiger partial charge in [-0.1, -0.05) is 34.1 Å². The van der Waals surface area contributed by atoms with Crippen LogP contribution in [0.3, 0.4) is 0 Å². The molecular formula is C15H9BrF5. The zero-order valence-electron chi connectivity index (χ0n) is 10.7. The van der Waals surface area contributed by atoms with E-state index in [0.717, 1.165) is 17.7 Å². The van der Waals surface area contributed by atoms with Crippen molar-refractivity contribution < 1.29 is 22.0 Å². The highest BCUT2D eigenvalue weighted by Crippen LogP contribution is 2.44. The average Bonchev–Trinajstić information content (AvgIpc) is 2.40. The Bertz CT molecular complexity index is 661. The van der Waals surface area contributed by atoms with Gasteiger partial charge in [0.15, 0.2) is 0 Å². The number of alkyl halides is 5. The molecule has 2 aromatic carbocycles. The minimum Gasteiger partial charge on any atom is -0.191 e. The van der Waals surface area contributed by atoms with Crippen LogP contribution in [0.1, 0.15) is 11.1 Å². The molecule has 0 N–H and O–H groups in total. The molecule has 0 aromatic heterocycles. The van der Waals surface area contributed by atoms with Crippen LogP contribution in [0.2, 0.25) is 0 Å². The lowest BCUT2D eigenvalue weighted by Gasteiger charge is -2.20. The largest absolute Gasteiger partial charge is 0.458 e. The molecule has 111 valence electrons. The average molecular weight is 364 g/mol. The van der Waals surface area contributed by atoms with Gasteiger partial charge in [0, 0.05) is 10.0 Å². The fourth-order valence-corrected chi connectivity index (χ4v) is 2.24. The normalized spacial score (nSPS) is 12.5. The molecule has 0 amide bonds. The van der Waals surface area contributed by atoms with Crippen LogP contribution in [0, 0.1) is 13.0 Å². The Morgan fingerprint density at radius 1 is 1.05 bits per heavy atom. The second-order valence-electron chi connectivity index (χ2n) is 4.53. The molecule has 0 heterocycles. The molecule has 0 aliphatic carbocycles. The van der Waals surface area contributed by atoms with Gasteiger partial charge in [-0.3, -0.25) is 0 Å². The molecule has 0 spiro atoms. The molecular weight excluding hydrogens is 355 g/mol. The molecule has 0 bridgehead atoms. The molecule has 0 unspecified atom stereocenters. The Balaban J connectivity index is 2.55. The third-order valence-corrected chi connectivity index (χ3v) is 3.47. The van der Waals surface area contributed by atoms with Crippen LogP contribution in [0.4, 0.5) is 22.0 Å². The fraction of sp³-hybridized carbons (Fsp3) is 0.200. The van der Waals surface area contributed by atoms with Gasteiger partial charge in [-0.2, -0.15) is 22.0 Å². The zero-order chi connectivity index (χ0) is 15.8. The molecule has 0 fully saturated rings. The quantitative estimate of drug-likeness (QED) is 0.584. The predicted octanol–water partition coefficient (Wildman–Crippen LogP) is 5.88. The van der Waals surface area contributed by atoms with Crippen molar-refractivity contribution in [2.45, 2.75) is 19.0 Å². The van der Waals surface area contributed by atoms with Gasteiger partial charge in [0.1, 0.15) is 0 Å². The molecule has 2 rings (SSSR count). The van der Waals surface area contributed by atoms with Gasteiger partial charge in [0.25, 0.3) is 0 Å². The Kier molecular flexibility index (Phi) is 4.10. The van der Waals surface area contributed by atoms with Crippen molar-refractivity contribution in [3.05, 3.63) is 58.1 Å². The molecule has 0 aliphatic rings. The monoisotopic (exact) mass is 363 g/mol. The number of aryl methyl sites for hydroxylation is 1. The van der Waals surface area contributed by atoms with Crippen molar-refractivity contribution in [1.82, 2.24) is 0 Å². The highest BCUT2D eigenvalue weighted by Gasteiger charge is 2.58. The molecule has 0 aliphatic heterocycles. The SMILES string of the molecule is Cc1c[c]c(Br)cc1-c1cccc(C(F)(F)C(F)(F)F)c1. The summed E-state index contributed by atoms with van der Waals surface area (Å²) in [4.78, 5) is 0. The van der Waals surface area contributed by atoms with Crippen LogP contribution in [0.25, 0.3) is 11.1 Å². The van der Waals surface area contributed by atoms with Crippen LogP contribution in [-0.2, 0) is 5.92 Å². The fourth-order valence-electron chi connectivity index (χ4n) is 1.89. The van der Waals surface area contributed by atoms with Crippen molar-refractivity contribution in [3.8, 4) is 11.1 Å². The second-order valence-corrected chi connectivity index (χ2v) is 5.38. The first-order valence-corrected chi connectivity index (χ1v) is 6.65. The highest BCUT2D eigenvalue weighted by atomic mass is 79.9. The Hall–Kier alpha value is -1.43. The Labute approximate surface area is 126 Å². The maximum atomic E-state index is 13.4. The van der Waals surface area contributed by atoms with E-state index in [4.69, 9.17) is 0 Å². The summed E-state index contributed by atoms with van der Waals surface area (Å²) in [6, 6.07) is 10.4. The van der Waals surface area contributed by atoms with Crippen LogP contribution in [0.5, 0.6) is 0 Å². The van der Waals surface area contributed by atoms with Crippen LogP contribution >= 0.6 is 15.9 Å². The van der Waals surface area contributed by atoms with Crippen LogP contribution < -0.4 is 0 Å². The van der Waals surface area contributed by atoms with Gasteiger partial charge in [-0.05, 0) is 47.9 Å². The molecule has 21 heavy (non-hydrogen) atoms. The second kappa shape index (κ2) is 5.40. The Morgan fingerprint density at radius 2 is 1.71 bits per heavy atom. The van der Waals surface area contributed by atoms with Crippen LogP contribution in [-0.4, -0.2) is 6.18 Å². The maximum Gasteiger partial charge on any atom is 0.458 e. The lowest BCUT2D eigenvalue weighted by atomic mass is 9.97. The number of hydrogen-bond donors (Lipinski definition) is 0. The summed E-state index contributed by atoms with van der Waals surface area (Å²) in [6.45, 7) is 1.73. The Morgan fingerprint density at radius 3 is 2.33 bits per heavy atom. The van der Waals surface area contributed by atoms with Gasteiger partial charge >= 0.3 is 12.1 Å². The number of rotatable bonds is 2. The lowest BCUT2D eigenvalue weighted by molar-refractivity contribution is -0.289. The smallest absolute Gasteiger partial charge is 0.191 e. The molecule has 0 saturated carbocycles. The van der Waals surface area contributed by atoms with E-state index in [-0.39, 0.29) is 0 Å². The summed E-state index contributed by atoms with van der Waals surface area (Å²) in [5.41, 5.74) is 0.519. The van der Waals surface area contributed by atoms with Crippen molar-refractivity contribution in [2.75, 3.05) is 0 Å². The molecule has 0 nitrogen and oxygen atoms in total. The van der Waals surface area contributed by atoms with E-state index in [1.165, 1.54) is 12.1 Å². The highest BCUT2D eigenvalue weighted by molar-refractivity contribution is 9.10. The number of benzene rings is 2. The molecule has 1 radical (unpaired) electrons. The third kappa shape index (κ3) is 3.10. The number of halogens is 6. The van der Waals surface area contributed by atoms with Crippen molar-refractivity contribution in [3.63, 3.8) is 0 Å². The summed E-state index contributed by atoms with van der Waals surface area (Å²) in [7, 11) is 0. The van der Waals surface area contributed by atoms with Gasteiger partial charge in [-0.25, -0.2) is 0 Å². The first kappa shape index (κ1) is 15.9. The van der Waals surface area contributed by atoms with Gasteiger partial charge in [0.05, 0.1) is 0 Å². The number of hydrogen-bond acceptors (Lipinski definition) is 0. The third-order valence-electron chi connectivity index (χ3n) is 3.01. The van der Waals surface area contributed by atoms with Crippen molar-refractivity contribution >= 4 is 15.9 Å². The van der Waals surface area contributed by atoms with E-state index in [9.17, 15) is 22.0 Å². The molecule has 0 saturated heterocycles. The van der Waals surface area contributed by atoms with Crippen molar-refractivity contribution in [2.24, 2.45) is 0 Å². The maximum absolute atomic E-state index is 13.4. The van der Waals surface area contributed by atoms with Gasteiger partial charge < -0.3 is 0 Å². The molecule has 2 aromatic rings. The molecule has 0 atom stereocenters. The zero-order valence-corrected chi connectivity index (χ0v) is 12.3. The lowest BCUT2D eigenvalue weighted by Crippen LogP contribution is -2.33. The minimum atomic E-state index is -5.62.